The Hall–Kier alpha value is -3.33. The fourth-order valence-electron chi connectivity index (χ4n) is 3.99. The van der Waals surface area contributed by atoms with Crippen LogP contribution in [0.15, 0.2) is 66.7 Å². The topological polar surface area (TPSA) is 35.2 Å². The molecule has 126 valence electrons. The molecular formula is C23H16FNO. The van der Waals surface area contributed by atoms with Crippen LogP contribution in [0.25, 0.3) is 43.4 Å². The van der Waals surface area contributed by atoms with Crippen molar-refractivity contribution in [2.75, 3.05) is 12.8 Å². The van der Waals surface area contributed by atoms with Gasteiger partial charge in [-0.15, -0.1) is 0 Å². The van der Waals surface area contributed by atoms with Gasteiger partial charge in [-0.2, -0.15) is 0 Å². The molecule has 2 N–H and O–H groups in total. The molecule has 3 heteroatoms. The number of nitrogen functional groups attached to an aromatic ring is 1. The maximum atomic E-state index is 15.0. The van der Waals surface area contributed by atoms with E-state index in [1.807, 2.05) is 48.5 Å². The van der Waals surface area contributed by atoms with E-state index in [0.29, 0.717) is 16.8 Å². The predicted octanol–water partition coefficient (Wildman–Crippen LogP) is 5.98. The molecule has 0 heterocycles. The predicted molar refractivity (Wildman–Crippen MR) is 107 cm³/mol. The Bertz CT molecular complexity index is 1290. The summed E-state index contributed by atoms with van der Waals surface area (Å²) in [6.45, 7) is 0. The van der Waals surface area contributed by atoms with E-state index in [9.17, 15) is 4.39 Å². The normalized spacial score (nSPS) is 11.6. The minimum atomic E-state index is -0.236. The molecule has 0 fully saturated rings. The molecular weight excluding hydrogens is 325 g/mol. The summed E-state index contributed by atoms with van der Waals surface area (Å²) in [4.78, 5) is 0. The van der Waals surface area contributed by atoms with E-state index >= 15 is 0 Å². The number of para-hydroxylation sites is 1. The zero-order chi connectivity index (χ0) is 17.8. The van der Waals surface area contributed by atoms with Crippen molar-refractivity contribution in [1.29, 1.82) is 0 Å². The molecule has 0 aliphatic rings. The van der Waals surface area contributed by atoms with Crippen molar-refractivity contribution in [3.8, 4) is 16.9 Å². The summed E-state index contributed by atoms with van der Waals surface area (Å²) in [6, 6.07) is 21.1. The number of ether oxygens (including phenoxy) is 1. The lowest BCUT2D eigenvalue weighted by atomic mass is 9.90. The molecule has 5 aromatic rings. The SMILES string of the molecule is COc1c(-c2ccccc2N)cc2c(F)cc3cccc4ccc1c2c43. The van der Waals surface area contributed by atoms with E-state index in [4.69, 9.17) is 10.5 Å². The van der Waals surface area contributed by atoms with Crippen LogP contribution in [0.3, 0.4) is 0 Å². The first-order chi connectivity index (χ1) is 12.7. The summed E-state index contributed by atoms with van der Waals surface area (Å²) in [5, 5.41) is 5.43. The van der Waals surface area contributed by atoms with Crippen LogP contribution in [0.1, 0.15) is 0 Å². The lowest BCUT2D eigenvalue weighted by Gasteiger charge is -2.18. The van der Waals surface area contributed by atoms with Crippen LogP contribution in [0, 0.1) is 5.82 Å². The maximum absolute atomic E-state index is 15.0. The fraction of sp³-hybridized carbons (Fsp3) is 0.0435. The number of hydrogen-bond donors (Lipinski definition) is 1. The second-order valence-electron chi connectivity index (χ2n) is 6.52. The van der Waals surface area contributed by atoms with Crippen molar-refractivity contribution >= 4 is 38.0 Å². The van der Waals surface area contributed by atoms with E-state index < -0.39 is 0 Å². The molecule has 0 aliphatic carbocycles. The summed E-state index contributed by atoms with van der Waals surface area (Å²) >= 11 is 0. The van der Waals surface area contributed by atoms with Crippen LogP contribution in [-0.4, -0.2) is 7.11 Å². The highest BCUT2D eigenvalue weighted by Crippen LogP contribution is 2.45. The summed E-state index contributed by atoms with van der Waals surface area (Å²) in [5.41, 5.74) is 8.47. The molecule has 5 rings (SSSR count). The smallest absolute Gasteiger partial charge is 0.134 e. The first-order valence-electron chi connectivity index (χ1n) is 8.48. The van der Waals surface area contributed by atoms with Crippen molar-refractivity contribution in [1.82, 2.24) is 0 Å². The molecule has 0 aromatic heterocycles. The summed E-state index contributed by atoms with van der Waals surface area (Å²) in [5.74, 6) is 0.479. The van der Waals surface area contributed by atoms with Crippen molar-refractivity contribution in [3.05, 3.63) is 72.5 Å². The highest BCUT2D eigenvalue weighted by molar-refractivity contribution is 6.25. The van der Waals surface area contributed by atoms with Gasteiger partial charge in [-0.05, 0) is 40.4 Å². The number of methoxy groups -OCH3 is 1. The van der Waals surface area contributed by atoms with Crippen LogP contribution in [-0.2, 0) is 0 Å². The van der Waals surface area contributed by atoms with E-state index in [2.05, 4.69) is 12.1 Å². The van der Waals surface area contributed by atoms with Gasteiger partial charge in [0.15, 0.2) is 0 Å². The Morgan fingerprint density at radius 3 is 2.38 bits per heavy atom. The van der Waals surface area contributed by atoms with Gasteiger partial charge in [-0.25, -0.2) is 4.39 Å². The molecule has 2 nitrogen and oxygen atoms in total. The largest absolute Gasteiger partial charge is 0.495 e. The first-order valence-corrected chi connectivity index (χ1v) is 8.48. The summed E-state index contributed by atoms with van der Waals surface area (Å²) in [6.07, 6.45) is 0. The van der Waals surface area contributed by atoms with Gasteiger partial charge in [-0.3, -0.25) is 0 Å². The minimum Gasteiger partial charge on any atom is -0.495 e. The van der Waals surface area contributed by atoms with Crippen LogP contribution >= 0.6 is 0 Å². The van der Waals surface area contributed by atoms with Gasteiger partial charge in [0.05, 0.1) is 7.11 Å². The Labute approximate surface area is 149 Å². The zero-order valence-corrected chi connectivity index (χ0v) is 14.2. The average Bonchev–Trinajstić information content (AvgIpc) is 2.66. The monoisotopic (exact) mass is 341 g/mol. The van der Waals surface area contributed by atoms with Gasteiger partial charge in [0.1, 0.15) is 11.6 Å². The molecule has 0 saturated carbocycles. The van der Waals surface area contributed by atoms with Crippen LogP contribution in [0.4, 0.5) is 10.1 Å². The molecule has 0 amide bonds. The van der Waals surface area contributed by atoms with E-state index in [-0.39, 0.29) is 5.82 Å². The molecule has 0 unspecified atom stereocenters. The zero-order valence-electron chi connectivity index (χ0n) is 14.2. The number of halogens is 1. The van der Waals surface area contributed by atoms with Crippen LogP contribution in [0.5, 0.6) is 5.75 Å². The highest BCUT2D eigenvalue weighted by Gasteiger charge is 2.19. The lowest BCUT2D eigenvalue weighted by Crippen LogP contribution is -1.96. The van der Waals surface area contributed by atoms with E-state index in [0.717, 1.165) is 38.1 Å². The number of nitrogens with two attached hydrogens (primary N) is 1. The van der Waals surface area contributed by atoms with Crippen molar-refractivity contribution < 1.29 is 9.13 Å². The minimum absolute atomic E-state index is 0.236. The van der Waals surface area contributed by atoms with Gasteiger partial charge in [0.2, 0.25) is 0 Å². The molecule has 26 heavy (non-hydrogen) atoms. The second-order valence-corrected chi connectivity index (χ2v) is 6.52. The van der Waals surface area contributed by atoms with Crippen molar-refractivity contribution in [2.24, 2.45) is 0 Å². The van der Waals surface area contributed by atoms with Gasteiger partial charge in [-0.1, -0.05) is 42.5 Å². The summed E-state index contributed by atoms with van der Waals surface area (Å²) < 4.78 is 20.8. The number of anilines is 1. The second kappa shape index (κ2) is 5.33. The van der Waals surface area contributed by atoms with Gasteiger partial charge >= 0.3 is 0 Å². The molecule has 0 atom stereocenters. The maximum Gasteiger partial charge on any atom is 0.134 e. The van der Waals surface area contributed by atoms with Crippen molar-refractivity contribution in [3.63, 3.8) is 0 Å². The third-order valence-corrected chi connectivity index (χ3v) is 5.12. The average molecular weight is 341 g/mol. The molecule has 5 aromatic carbocycles. The third kappa shape index (κ3) is 1.91. The number of hydrogen-bond acceptors (Lipinski definition) is 2. The van der Waals surface area contributed by atoms with Crippen molar-refractivity contribution in [2.45, 2.75) is 0 Å². The molecule has 0 spiro atoms. The number of benzene rings is 5. The Kier molecular flexibility index (Phi) is 3.07. The fourth-order valence-corrected chi connectivity index (χ4v) is 3.99. The number of rotatable bonds is 2. The van der Waals surface area contributed by atoms with Gasteiger partial charge in [0.25, 0.3) is 0 Å². The quantitative estimate of drug-likeness (QED) is 0.316. The third-order valence-electron chi connectivity index (χ3n) is 5.12. The van der Waals surface area contributed by atoms with Crippen LogP contribution < -0.4 is 10.5 Å². The molecule has 0 radical (unpaired) electrons. The lowest BCUT2D eigenvalue weighted by molar-refractivity contribution is 0.421. The Balaban J connectivity index is 2.04. The first kappa shape index (κ1) is 15.0. The molecule has 0 bridgehead atoms. The van der Waals surface area contributed by atoms with Gasteiger partial charge < -0.3 is 10.5 Å². The van der Waals surface area contributed by atoms with E-state index in [1.165, 1.54) is 0 Å². The standard InChI is InChI=1S/C23H16FNO/c1-26-23-16-10-9-13-5-4-6-14-11-19(24)18(22(16)21(13)14)12-17(23)15-7-2-3-8-20(15)25/h2-12H,25H2,1H3. The van der Waals surface area contributed by atoms with Crippen LogP contribution in [0.2, 0.25) is 0 Å². The van der Waals surface area contributed by atoms with E-state index in [1.54, 1.807) is 13.2 Å². The summed E-state index contributed by atoms with van der Waals surface area (Å²) in [7, 11) is 1.64. The Morgan fingerprint density at radius 1 is 0.769 bits per heavy atom. The Morgan fingerprint density at radius 2 is 1.58 bits per heavy atom. The highest BCUT2D eigenvalue weighted by atomic mass is 19.1. The molecule has 0 aliphatic heterocycles. The van der Waals surface area contributed by atoms with Gasteiger partial charge in [0, 0.05) is 33.0 Å². The molecule has 0 saturated heterocycles.